The van der Waals surface area contributed by atoms with Gasteiger partial charge in [-0.05, 0) is 88.4 Å². The van der Waals surface area contributed by atoms with Crippen LogP contribution < -0.4 is 4.72 Å². The summed E-state index contributed by atoms with van der Waals surface area (Å²) in [4.78, 5) is 32.5. The lowest BCUT2D eigenvalue weighted by atomic mass is 10.1. The van der Waals surface area contributed by atoms with Crippen LogP contribution in [0.3, 0.4) is 0 Å². The predicted molar refractivity (Wildman–Crippen MR) is 151 cm³/mol. The summed E-state index contributed by atoms with van der Waals surface area (Å²) in [5, 5.41) is 2.09. The van der Waals surface area contributed by atoms with Crippen LogP contribution in [0.5, 0.6) is 0 Å². The summed E-state index contributed by atoms with van der Waals surface area (Å²) >= 11 is 6.08. The number of halogens is 1. The molecule has 2 aromatic rings. The highest BCUT2D eigenvalue weighted by molar-refractivity contribution is 7.89. The van der Waals surface area contributed by atoms with Gasteiger partial charge in [-0.25, -0.2) is 8.42 Å². The molecule has 0 saturated carbocycles. The molecule has 2 amide bonds. The van der Waals surface area contributed by atoms with Crippen LogP contribution in [-0.4, -0.2) is 85.3 Å². The van der Waals surface area contributed by atoms with Gasteiger partial charge in [-0.2, -0.15) is 4.72 Å². The van der Waals surface area contributed by atoms with E-state index < -0.39 is 16.1 Å². The van der Waals surface area contributed by atoms with Crippen molar-refractivity contribution < 1.29 is 18.0 Å². The lowest BCUT2D eigenvalue weighted by Crippen LogP contribution is -2.55. The first-order chi connectivity index (χ1) is 18.0. The molecule has 2 heterocycles. The van der Waals surface area contributed by atoms with Gasteiger partial charge in [-0.3, -0.25) is 14.5 Å². The maximum atomic E-state index is 13.3. The third-order valence-corrected chi connectivity index (χ3v) is 9.39. The molecular formula is C28H39ClN4O4S. The number of amides is 2. The average molecular weight is 563 g/mol. The molecule has 2 aliphatic rings. The summed E-state index contributed by atoms with van der Waals surface area (Å²) in [5.74, 6) is -0.415. The molecule has 38 heavy (non-hydrogen) atoms. The monoisotopic (exact) mass is 562 g/mol. The first-order valence-corrected chi connectivity index (χ1v) is 15.4. The molecule has 2 aromatic carbocycles. The van der Waals surface area contributed by atoms with Gasteiger partial charge >= 0.3 is 0 Å². The second kappa shape index (κ2) is 11.9. The number of benzene rings is 2. The Hall–Kier alpha value is -2.20. The van der Waals surface area contributed by atoms with Crippen LogP contribution in [-0.2, 0) is 19.6 Å². The van der Waals surface area contributed by atoms with Crippen molar-refractivity contribution in [3.63, 3.8) is 0 Å². The second-order valence-electron chi connectivity index (χ2n) is 11.0. The number of carbonyl (C=O) groups is 2. The van der Waals surface area contributed by atoms with Crippen molar-refractivity contribution in [1.29, 1.82) is 0 Å². The summed E-state index contributed by atoms with van der Waals surface area (Å²) in [6.45, 7) is 10.6. The smallest absolute Gasteiger partial charge is 0.242 e. The maximum absolute atomic E-state index is 13.3. The van der Waals surface area contributed by atoms with E-state index in [4.69, 9.17) is 11.6 Å². The van der Waals surface area contributed by atoms with Crippen LogP contribution >= 0.6 is 11.6 Å². The summed E-state index contributed by atoms with van der Waals surface area (Å²) in [5.41, 5.74) is 0. The second-order valence-corrected chi connectivity index (χ2v) is 13.1. The van der Waals surface area contributed by atoms with E-state index in [1.165, 1.54) is 11.0 Å². The van der Waals surface area contributed by atoms with Gasteiger partial charge in [0, 0.05) is 42.8 Å². The number of hydrogen-bond donors (Lipinski definition) is 1. The van der Waals surface area contributed by atoms with Crippen LogP contribution in [0.25, 0.3) is 10.8 Å². The lowest BCUT2D eigenvalue weighted by Gasteiger charge is -2.37. The fraction of sp³-hybridized carbons (Fsp3) is 0.571. The van der Waals surface area contributed by atoms with E-state index in [-0.39, 0.29) is 29.3 Å². The van der Waals surface area contributed by atoms with Crippen molar-refractivity contribution in [3.8, 4) is 0 Å². The highest BCUT2D eigenvalue weighted by atomic mass is 35.5. The highest BCUT2D eigenvalue weighted by Crippen LogP contribution is 2.25. The van der Waals surface area contributed by atoms with Crippen molar-refractivity contribution in [2.24, 2.45) is 0 Å². The number of rotatable bonds is 9. The Bertz CT molecular complexity index is 1270. The molecule has 0 spiro atoms. The van der Waals surface area contributed by atoms with Gasteiger partial charge in [0.25, 0.3) is 0 Å². The molecule has 2 saturated heterocycles. The lowest BCUT2D eigenvalue weighted by molar-refractivity contribution is -0.143. The van der Waals surface area contributed by atoms with Crippen molar-refractivity contribution in [2.45, 2.75) is 82.4 Å². The van der Waals surface area contributed by atoms with Crippen LogP contribution in [0.4, 0.5) is 0 Å². The number of fused-ring (bicyclic) bond motifs is 1. The van der Waals surface area contributed by atoms with Gasteiger partial charge in [0.1, 0.15) is 6.04 Å². The Labute approximate surface area is 231 Å². The molecule has 0 radical (unpaired) electrons. The molecule has 0 unspecified atom stereocenters. The standard InChI is InChI=1S/C28H39ClN4O4S/c1-19(2)33(20(3)4)17-24-7-5-14-32(24)27(34)18-31-13-6-8-26(28(31)35)30-38(36,37)25-12-10-21-9-11-23(29)15-22(21)16-25/h9-12,15-16,19-20,24,26,30H,5-8,13-14,17-18H2,1-4H3/t24-,26-/m0/s1. The normalized spacial score (nSPS) is 20.9. The summed E-state index contributed by atoms with van der Waals surface area (Å²) in [6.07, 6.45) is 2.92. The molecular weight excluding hydrogens is 524 g/mol. The van der Waals surface area contributed by atoms with E-state index >= 15 is 0 Å². The Morgan fingerprint density at radius 3 is 2.42 bits per heavy atom. The zero-order valence-corrected chi connectivity index (χ0v) is 24.3. The van der Waals surface area contributed by atoms with Gasteiger partial charge < -0.3 is 9.80 Å². The number of nitrogens with zero attached hydrogens (tertiary/aromatic N) is 3. The van der Waals surface area contributed by atoms with Gasteiger partial charge in [0.2, 0.25) is 21.8 Å². The molecule has 2 atom stereocenters. The number of nitrogens with one attached hydrogen (secondary N) is 1. The van der Waals surface area contributed by atoms with Gasteiger partial charge in [-0.15, -0.1) is 0 Å². The van der Waals surface area contributed by atoms with Crippen molar-refractivity contribution in [3.05, 3.63) is 41.4 Å². The number of likely N-dealkylation sites (tertiary alicyclic amines) is 2. The molecule has 208 valence electrons. The van der Waals surface area contributed by atoms with Crippen molar-refractivity contribution in [2.75, 3.05) is 26.2 Å². The average Bonchev–Trinajstić information content (AvgIpc) is 3.32. The quantitative estimate of drug-likeness (QED) is 0.501. The largest absolute Gasteiger partial charge is 0.337 e. The Morgan fingerprint density at radius 1 is 1.03 bits per heavy atom. The van der Waals surface area contributed by atoms with Gasteiger partial charge in [0.15, 0.2) is 0 Å². The Morgan fingerprint density at radius 2 is 1.71 bits per heavy atom. The minimum Gasteiger partial charge on any atom is -0.337 e. The molecule has 0 bridgehead atoms. The minimum atomic E-state index is -3.94. The van der Waals surface area contributed by atoms with E-state index in [0.29, 0.717) is 48.4 Å². The summed E-state index contributed by atoms with van der Waals surface area (Å²) in [6, 6.07) is 10.1. The maximum Gasteiger partial charge on any atom is 0.242 e. The van der Waals surface area contributed by atoms with E-state index in [2.05, 4.69) is 37.3 Å². The van der Waals surface area contributed by atoms with E-state index in [9.17, 15) is 18.0 Å². The first-order valence-electron chi connectivity index (χ1n) is 13.5. The van der Waals surface area contributed by atoms with Crippen molar-refractivity contribution in [1.82, 2.24) is 19.4 Å². The molecule has 8 nitrogen and oxygen atoms in total. The number of carbonyl (C=O) groups excluding carboxylic acids is 2. The van der Waals surface area contributed by atoms with Crippen LogP contribution in [0.1, 0.15) is 53.4 Å². The molecule has 10 heteroatoms. The van der Waals surface area contributed by atoms with Crippen LogP contribution in [0, 0.1) is 0 Å². The van der Waals surface area contributed by atoms with E-state index in [0.717, 1.165) is 24.8 Å². The predicted octanol–water partition coefficient (Wildman–Crippen LogP) is 3.87. The Kier molecular flexibility index (Phi) is 9.02. The first kappa shape index (κ1) is 28.8. The van der Waals surface area contributed by atoms with Crippen LogP contribution in [0.15, 0.2) is 41.3 Å². The van der Waals surface area contributed by atoms with Gasteiger partial charge in [0.05, 0.1) is 11.4 Å². The third-order valence-electron chi connectivity index (χ3n) is 7.68. The summed E-state index contributed by atoms with van der Waals surface area (Å²) < 4.78 is 28.9. The minimum absolute atomic E-state index is 0.0224. The highest BCUT2D eigenvalue weighted by Gasteiger charge is 2.36. The fourth-order valence-electron chi connectivity index (χ4n) is 5.69. The number of hydrogen-bond acceptors (Lipinski definition) is 5. The van der Waals surface area contributed by atoms with Gasteiger partial charge in [-0.1, -0.05) is 23.7 Å². The molecule has 0 aliphatic carbocycles. The molecule has 0 aromatic heterocycles. The zero-order chi connectivity index (χ0) is 27.6. The number of sulfonamides is 1. The molecule has 1 N–H and O–H groups in total. The topological polar surface area (TPSA) is 90.0 Å². The van der Waals surface area contributed by atoms with E-state index in [1.54, 1.807) is 24.3 Å². The molecule has 2 aliphatic heterocycles. The zero-order valence-electron chi connectivity index (χ0n) is 22.7. The molecule has 2 fully saturated rings. The SMILES string of the molecule is CC(C)N(C[C@@H]1CCCN1C(=O)CN1CCC[C@H](NS(=O)(=O)c2ccc3ccc(Cl)cc3c2)C1=O)C(C)C. The third kappa shape index (κ3) is 6.50. The Balaban J connectivity index is 1.42. The fourth-order valence-corrected chi connectivity index (χ4v) is 7.13. The number of piperidine rings is 1. The van der Waals surface area contributed by atoms with Crippen LogP contribution in [0.2, 0.25) is 5.02 Å². The summed E-state index contributed by atoms with van der Waals surface area (Å²) in [7, 11) is -3.94. The van der Waals surface area contributed by atoms with Crippen molar-refractivity contribution >= 4 is 44.2 Å². The van der Waals surface area contributed by atoms with E-state index in [1.807, 2.05) is 11.0 Å². The molecule has 4 rings (SSSR count).